The van der Waals surface area contributed by atoms with Crippen LogP contribution in [0.3, 0.4) is 0 Å². The topological polar surface area (TPSA) is 88.5 Å². The fraction of sp³-hybridized carbons (Fsp3) is 0.476. The minimum atomic E-state index is -0.326. The predicted molar refractivity (Wildman–Crippen MR) is 114 cm³/mol. The highest BCUT2D eigenvalue weighted by Crippen LogP contribution is 2.23. The number of hydrogen-bond acceptors (Lipinski definition) is 4. The van der Waals surface area contributed by atoms with Gasteiger partial charge < -0.3 is 20.3 Å². The highest BCUT2D eigenvalue weighted by molar-refractivity contribution is 5.96. The Hall–Kier alpha value is -3.03. The molecular formula is C21H31N5O3. The van der Waals surface area contributed by atoms with Crippen LogP contribution in [-0.4, -0.2) is 46.8 Å². The van der Waals surface area contributed by atoms with Crippen molar-refractivity contribution >= 4 is 23.4 Å². The van der Waals surface area contributed by atoms with Crippen molar-refractivity contribution in [3.8, 4) is 5.75 Å². The number of aromatic nitrogens is 2. The summed E-state index contributed by atoms with van der Waals surface area (Å²) in [5.74, 6) is 1.04. The number of methoxy groups -OCH3 is 1. The molecule has 2 N–H and O–H groups in total. The molecule has 0 atom stereocenters. The number of carbonyl (C=O) groups is 2. The van der Waals surface area contributed by atoms with Gasteiger partial charge >= 0.3 is 6.03 Å². The second kappa shape index (κ2) is 9.45. The van der Waals surface area contributed by atoms with E-state index in [2.05, 4.69) is 36.5 Å². The fourth-order valence-electron chi connectivity index (χ4n) is 2.71. The number of amides is 3. The second-order valence-electron chi connectivity index (χ2n) is 7.92. The van der Waals surface area contributed by atoms with Crippen LogP contribution in [0, 0.1) is 0 Å². The van der Waals surface area contributed by atoms with Crippen LogP contribution < -0.4 is 15.4 Å². The Labute approximate surface area is 172 Å². The van der Waals surface area contributed by atoms with Gasteiger partial charge in [-0.3, -0.25) is 9.48 Å². The zero-order valence-corrected chi connectivity index (χ0v) is 18.1. The van der Waals surface area contributed by atoms with Crippen LogP contribution in [0.5, 0.6) is 5.75 Å². The molecular weight excluding hydrogens is 370 g/mol. The molecule has 0 saturated heterocycles. The van der Waals surface area contributed by atoms with Gasteiger partial charge in [-0.25, -0.2) is 4.79 Å². The van der Waals surface area contributed by atoms with Crippen LogP contribution in [-0.2, 0) is 17.3 Å². The molecule has 0 fully saturated rings. The summed E-state index contributed by atoms with van der Waals surface area (Å²) in [6.45, 7) is 8.57. The zero-order chi connectivity index (χ0) is 21.6. The van der Waals surface area contributed by atoms with Crippen molar-refractivity contribution in [3.63, 3.8) is 0 Å². The summed E-state index contributed by atoms with van der Waals surface area (Å²) in [5.41, 5.74) is 1.41. The third-order valence-corrected chi connectivity index (χ3v) is 4.37. The molecule has 158 valence electrons. The van der Waals surface area contributed by atoms with Crippen LogP contribution in [0.25, 0.3) is 0 Å². The first-order chi connectivity index (χ1) is 13.6. The lowest BCUT2D eigenvalue weighted by atomic mass is 9.92. The molecule has 0 aliphatic carbocycles. The van der Waals surface area contributed by atoms with Crippen LogP contribution in [0.2, 0.25) is 0 Å². The molecule has 1 aromatic carbocycles. The Balaban J connectivity index is 2.02. The van der Waals surface area contributed by atoms with Gasteiger partial charge in [0.05, 0.1) is 12.8 Å². The van der Waals surface area contributed by atoms with E-state index in [4.69, 9.17) is 4.74 Å². The van der Waals surface area contributed by atoms with Crippen molar-refractivity contribution in [1.82, 2.24) is 14.7 Å². The number of benzene rings is 1. The summed E-state index contributed by atoms with van der Waals surface area (Å²) in [7, 11) is 3.37. The van der Waals surface area contributed by atoms with Gasteiger partial charge in [0.15, 0.2) is 0 Å². The molecule has 29 heavy (non-hydrogen) atoms. The van der Waals surface area contributed by atoms with Gasteiger partial charge in [-0.1, -0.05) is 27.7 Å². The largest absolute Gasteiger partial charge is 0.497 e. The molecule has 3 amide bonds. The monoisotopic (exact) mass is 401 g/mol. The third-order valence-electron chi connectivity index (χ3n) is 4.37. The van der Waals surface area contributed by atoms with Crippen molar-refractivity contribution in [3.05, 3.63) is 36.0 Å². The molecule has 2 aromatic rings. The van der Waals surface area contributed by atoms with Crippen molar-refractivity contribution < 1.29 is 14.3 Å². The average Bonchev–Trinajstić information content (AvgIpc) is 3.03. The lowest BCUT2D eigenvalue weighted by Crippen LogP contribution is -2.41. The van der Waals surface area contributed by atoms with Gasteiger partial charge in [0.25, 0.3) is 0 Å². The smallest absolute Gasteiger partial charge is 0.322 e. The first kappa shape index (κ1) is 22.3. The summed E-state index contributed by atoms with van der Waals surface area (Å²) in [6.07, 6.45) is 0.739. The maximum absolute atomic E-state index is 12.6. The fourth-order valence-corrected chi connectivity index (χ4v) is 2.71. The first-order valence-electron chi connectivity index (χ1n) is 9.68. The molecule has 8 nitrogen and oxygen atoms in total. The molecule has 0 unspecified atom stereocenters. The molecule has 8 heteroatoms. The molecule has 1 aromatic heterocycles. The highest BCUT2D eigenvalue weighted by Gasteiger charge is 2.21. The van der Waals surface area contributed by atoms with Gasteiger partial charge in [0.2, 0.25) is 5.91 Å². The number of nitrogens with one attached hydrogen (secondary N) is 2. The molecule has 0 spiro atoms. The van der Waals surface area contributed by atoms with Crippen molar-refractivity contribution in [1.29, 1.82) is 0 Å². The number of carbonyl (C=O) groups excluding carboxylic acids is 2. The lowest BCUT2D eigenvalue weighted by molar-refractivity contribution is -0.116. The Morgan fingerprint density at radius 3 is 2.34 bits per heavy atom. The van der Waals surface area contributed by atoms with E-state index < -0.39 is 0 Å². The first-order valence-corrected chi connectivity index (χ1v) is 9.68. The number of nitrogens with zero attached hydrogens (tertiary/aromatic N) is 3. The zero-order valence-electron chi connectivity index (χ0n) is 18.1. The maximum atomic E-state index is 12.6. The molecule has 1 heterocycles. The number of aryl methyl sites for hydroxylation is 1. The minimum absolute atomic E-state index is 0.0497. The summed E-state index contributed by atoms with van der Waals surface area (Å²) < 4.78 is 6.76. The molecule has 0 bridgehead atoms. The molecule has 0 radical (unpaired) electrons. The standard InChI is InChI=1S/C21H31N5O3/c1-7-12-26(20(28)22-15-8-10-16(29-6)11-9-15)14-19(27)23-18-13-17(21(2,3)4)24-25(18)5/h8-11,13H,7,12,14H2,1-6H3,(H,22,28)(H,23,27). The normalized spacial score (nSPS) is 11.1. The summed E-state index contributed by atoms with van der Waals surface area (Å²) >= 11 is 0. The van der Waals surface area contributed by atoms with E-state index in [1.807, 2.05) is 13.0 Å². The SMILES string of the molecule is CCCN(CC(=O)Nc1cc(C(C)(C)C)nn1C)C(=O)Nc1ccc(OC)cc1. The Morgan fingerprint density at radius 2 is 1.83 bits per heavy atom. The van der Waals surface area contributed by atoms with Crippen molar-refractivity contribution in [2.75, 3.05) is 30.8 Å². The van der Waals surface area contributed by atoms with Gasteiger partial charge in [-0.2, -0.15) is 5.10 Å². The number of hydrogen-bond donors (Lipinski definition) is 2. The predicted octanol–water partition coefficient (Wildman–Crippen LogP) is 3.61. The van der Waals surface area contributed by atoms with Gasteiger partial charge in [0.1, 0.15) is 18.1 Å². The molecule has 0 aliphatic rings. The Kier molecular flexibility index (Phi) is 7.25. The number of urea groups is 1. The third kappa shape index (κ3) is 6.23. The number of rotatable bonds is 7. The summed E-state index contributed by atoms with van der Waals surface area (Å²) in [6, 6.07) is 8.57. The molecule has 0 saturated carbocycles. The van der Waals surface area contributed by atoms with E-state index >= 15 is 0 Å². The number of ether oxygens (including phenoxy) is 1. The summed E-state index contributed by atoms with van der Waals surface area (Å²) in [4.78, 5) is 26.7. The van der Waals surface area contributed by atoms with E-state index in [9.17, 15) is 9.59 Å². The average molecular weight is 402 g/mol. The Morgan fingerprint density at radius 1 is 1.17 bits per heavy atom. The Bertz CT molecular complexity index is 837. The quantitative estimate of drug-likeness (QED) is 0.742. The van der Waals surface area contributed by atoms with E-state index in [0.717, 1.165) is 12.1 Å². The van der Waals surface area contributed by atoms with Crippen molar-refractivity contribution in [2.24, 2.45) is 7.05 Å². The van der Waals surface area contributed by atoms with Gasteiger partial charge in [0, 0.05) is 30.8 Å². The van der Waals surface area contributed by atoms with E-state index in [1.54, 1.807) is 43.1 Å². The van der Waals surface area contributed by atoms with Crippen molar-refractivity contribution in [2.45, 2.75) is 39.5 Å². The highest BCUT2D eigenvalue weighted by atomic mass is 16.5. The van der Waals surface area contributed by atoms with E-state index in [1.165, 1.54) is 4.90 Å². The van der Waals surface area contributed by atoms with Crippen LogP contribution in [0.1, 0.15) is 39.8 Å². The molecule has 2 rings (SSSR count). The lowest BCUT2D eigenvalue weighted by Gasteiger charge is -2.22. The second-order valence-corrected chi connectivity index (χ2v) is 7.92. The summed E-state index contributed by atoms with van der Waals surface area (Å²) in [5, 5.41) is 10.1. The van der Waals surface area contributed by atoms with Crippen LogP contribution >= 0.6 is 0 Å². The van der Waals surface area contributed by atoms with Gasteiger partial charge in [-0.15, -0.1) is 0 Å². The number of anilines is 2. The van der Waals surface area contributed by atoms with Crippen LogP contribution in [0.4, 0.5) is 16.3 Å². The van der Waals surface area contributed by atoms with E-state index in [0.29, 0.717) is 23.8 Å². The van der Waals surface area contributed by atoms with Crippen LogP contribution in [0.15, 0.2) is 30.3 Å². The minimum Gasteiger partial charge on any atom is -0.497 e. The van der Waals surface area contributed by atoms with E-state index in [-0.39, 0.29) is 23.9 Å². The van der Waals surface area contributed by atoms with Gasteiger partial charge in [-0.05, 0) is 30.7 Å². The maximum Gasteiger partial charge on any atom is 0.322 e. The molecule has 0 aliphatic heterocycles.